The standard InChI is InChI=1S/C5H4BrFN2.ClH/c6-3-1-9-2-4(7)5(3)8;/h1-2H,(H2,8,9);1H. The molecule has 0 saturated carbocycles. The van der Waals surface area contributed by atoms with Crippen molar-refractivity contribution in [3.05, 3.63) is 22.7 Å². The highest BCUT2D eigenvalue weighted by Crippen LogP contribution is 2.19. The minimum atomic E-state index is -0.496. The maximum Gasteiger partial charge on any atom is 0.165 e. The molecule has 0 amide bonds. The highest BCUT2D eigenvalue weighted by Gasteiger charge is 1.99. The van der Waals surface area contributed by atoms with Crippen LogP contribution < -0.4 is 5.73 Å². The number of hydrogen-bond donors (Lipinski definition) is 1. The molecule has 5 heteroatoms. The SMILES string of the molecule is Cl.Nc1c(F)cncc1Br. The fourth-order valence-electron chi connectivity index (χ4n) is 0.421. The largest absolute Gasteiger partial charge is 0.395 e. The van der Waals surface area contributed by atoms with Gasteiger partial charge in [-0.3, -0.25) is 4.98 Å². The zero-order valence-corrected chi connectivity index (χ0v) is 7.25. The average molecular weight is 227 g/mol. The van der Waals surface area contributed by atoms with E-state index in [9.17, 15) is 4.39 Å². The number of pyridine rings is 1. The van der Waals surface area contributed by atoms with Gasteiger partial charge in [-0.1, -0.05) is 0 Å². The van der Waals surface area contributed by atoms with Gasteiger partial charge in [0.25, 0.3) is 0 Å². The van der Waals surface area contributed by atoms with Crippen LogP contribution in [0.3, 0.4) is 0 Å². The number of nitrogens with zero attached hydrogens (tertiary/aromatic N) is 1. The molecule has 0 bridgehead atoms. The Hall–Kier alpha value is -0.350. The highest BCUT2D eigenvalue weighted by atomic mass is 79.9. The topological polar surface area (TPSA) is 38.9 Å². The molecule has 0 spiro atoms. The maximum absolute atomic E-state index is 12.4. The van der Waals surface area contributed by atoms with Crippen molar-refractivity contribution >= 4 is 34.0 Å². The van der Waals surface area contributed by atoms with Gasteiger partial charge in [-0.25, -0.2) is 4.39 Å². The molecule has 1 aromatic heterocycles. The molecule has 0 aliphatic heterocycles. The first-order chi connectivity index (χ1) is 4.22. The lowest BCUT2D eigenvalue weighted by Crippen LogP contribution is -1.91. The number of anilines is 1. The fraction of sp³-hybridized carbons (Fsp3) is 0. The third-order valence-electron chi connectivity index (χ3n) is 0.890. The Morgan fingerprint density at radius 1 is 1.50 bits per heavy atom. The number of nitrogens with two attached hydrogens (primary N) is 1. The normalized spacial score (nSPS) is 8.60. The van der Waals surface area contributed by atoms with Gasteiger partial charge in [-0.05, 0) is 15.9 Å². The van der Waals surface area contributed by atoms with Crippen LogP contribution in [0.4, 0.5) is 10.1 Å². The van der Waals surface area contributed by atoms with Crippen LogP contribution in [0.5, 0.6) is 0 Å². The second kappa shape index (κ2) is 3.73. The van der Waals surface area contributed by atoms with Gasteiger partial charge in [0.05, 0.1) is 16.4 Å². The van der Waals surface area contributed by atoms with Gasteiger partial charge in [0.15, 0.2) is 5.82 Å². The second-order valence-electron chi connectivity index (χ2n) is 1.52. The molecule has 0 unspecified atom stereocenters. The quantitative estimate of drug-likeness (QED) is 0.736. The molecule has 0 aliphatic carbocycles. The van der Waals surface area contributed by atoms with Gasteiger partial charge >= 0.3 is 0 Å². The molecular formula is C5H5BrClFN2. The Bertz CT molecular complexity index is 211. The van der Waals surface area contributed by atoms with Crippen LogP contribution in [0, 0.1) is 5.82 Å². The molecule has 56 valence electrons. The minimum absolute atomic E-state index is 0. The van der Waals surface area contributed by atoms with Crippen LogP contribution in [0.2, 0.25) is 0 Å². The van der Waals surface area contributed by atoms with Crippen molar-refractivity contribution in [2.75, 3.05) is 5.73 Å². The highest BCUT2D eigenvalue weighted by molar-refractivity contribution is 9.10. The summed E-state index contributed by atoms with van der Waals surface area (Å²) in [5.74, 6) is -0.496. The van der Waals surface area contributed by atoms with Crippen LogP contribution in [0.15, 0.2) is 16.9 Å². The summed E-state index contributed by atoms with van der Waals surface area (Å²) in [5.41, 5.74) is 5.32. The van der Waals surface area contributed by atoms with Crippen molar-refractivity contribution in [1.82, 2.24) is 4.98 Å². The van der Waals surface area contributed by atoms with Gasteiger partial charge in [-0.15, -0.1) is 12.4 Å². The van der Waals surface area contributed by atoms with E-state index in [1.54, 1.807) is 0 Å². The summed E-state index contributed by atoms with van der Waals surface area (Å²) >= 11 is 3.02. The third-order valence-corrected chi connectivity index (χ3v) is 1.52. The van der Waals surface area contributed by atoms with Crippen LogP contribution in [-0.4, -0.2) is 4.98 Å². The maximum atomic E-state index is 12.4. The summed E-state index contributed by atoms with van der Waals surface area (Å²) in [4.78, 5) is 3.54. The molecule has 1 heterocycles. The van der Waals surface area contributed by atoms with E-state index >= 15 is 0 Å². The monoisotopic (exact) mass is 226 g/mol. The van der Waals surface area contributed by atoms with Crippen LogP contribution in [0.1, 0.15) is 0 Å². The predicted octanol–water partition coefficient (Wildman–Crippen LogP) is 1.99. The van der Waals surface area contributed by atoms with Crippen molar-refractivity contribution in [3.63, 3.8) is 0 Å². The van der Waals surface area contributed by atoms with E-state index in [0.29, 0.717) is 4.47 Å². The average Bonchev–Trinajstić information content (AvgIpc) is 1.83. The predicted molar refractivity (Wildman–Crippen MR) is 43.6 cm³/mol. The first-order valence-corrected chi connectivity index (χ1v) is 3.05. The van der Waals surface area contributed by atoms with Crippen molar-refractivity contribution < 1.29 is 4.39 Å². The minimum Gasteiger partial charge on any atom is -0.395 e. The molecular weight excluding hydrogens is 222 g/mol. The summed E-state index contributed by atoms with van der Waals surface area (Å²) in [6.45, 7) is 0. The zero-order chi connectivity index (χ0) is 6.85. The summed E-state index contributed by atoms with van der Waals surface area (Å²) in [7, 11) is 0. The fourth-order valence-corrected chi connectivity index (χ4v) is 0.729. The van der Waals surface area contributed by atoms with E-state index in [1.165, 1.54) is 6.20 Å². The second-order valence-corrected chi connectivity index (χ2v) is 2.37. The van der Waals surface area contributed by atoms with E-state index < -0.39 is 5.82 Å². The Balaban J connectivity index is 0.000000810. The summed E-state index contributed by atoms with van der Waals surface area (Å²) in [6, 6.07) is 0. The number of hydrogen-bond acceptors (Lipinski definition) is 2. The van der Waals surface area contributed by atoms with E-state index in [-0.39, 0.29) is 18.1 Å². The third kappa shape index (κ3) is 1.82. The van der Waals surface area contributed by atoms with Gasteiger partial charge in [0, 0.05) is 6.20 Å². The van der Waals surface area contributed by atoms with Crippen molar-refractivity contribution in [1.29, 1.82) is 0 Å². The molecule has 2 nitrogen and oxygen atoms in total. The van der Waals surface area contributed by atoms with E-state index in [4.69, 9.17) is 5.73 Å². The van der Waals surface area contributed by atoms with Gasteiger partial charge in [0.2, 0.25) is 0 Å². The number of halogens is 3. The summed E-state index contributed by atoms with van der Waals surface area (Å²) < 4.78 is 12.9. The Morgan fingerprint density at radius 3 is 2.50 bits per heavy atom. The molecule has 0 saturated heterocycles. The van der Waals surface area contributed by atoms with Gasteiger partial charge < -0.3 is 5.73 Å². The lowest BCUT2D eigenvalue weighted by atomic mass is 10.4. The summed E-state index contributed by atoms with van der Waals surface area (Å²) in [5, 5.41) is 0. The van der Waals surface area contributed by atoms with Crippen molar-refractivity contribution in [2.45, 2.75) is 0 Å². The molecule has 1 aromatic rings. The molecule has 0 fully saturated rings. The zero-order valence-electron chi connectivity index (χ0n) is 4.84. The molecule has 10 heavy (non-hydrogen) atoms. The molecule has 1 rings (SSSR count). The van der Waals surface area contributed by atoms with Crippen LogP contribution >= 0.6 is 28.3 Å². The van der Waals surface area contributed by atoms with Gasteiger partial charge in [0.1, 0.15) is 0 Å². The molecule has 0 radical (unpaired) electrons. The van der Waals surface area contributed by atoms with Crippen LogP contribution in [0.25, 0.3) is 0 Å². The van der Waals surface area contributed by atoms with E-state index in [1.807, 2.05) is 0 Å². The van der Waals surface area contributed by atoms with E-state index in [2.05, 4.69) is 20.9 Å². The van der Waals surface area contributed by atoms with Crippen LogP contribution in [-0.2, 0) is 0 Å². The smallest absolute Gasteiger partial charge is 0.165 e. The first kappa shape index (κ1) is 9.65. The van der Waals surface area contributed by atoms with Crippen molar-refractivity contribution in [2.24, 2.45) is 0 Å². The number of nitrogen functional groups attached to an aromatic ring is 1. The molecule has 0 atom stereocenters. The number of aromatic nitrogens is 1. The van der Waals surface area contributed by atoms with Gasteiger partial charge in [-0.2, -0.15) is 0 Å². The van der Waals surface area contributed by atoms with E-state index in [0.717, 1.165) is 6.20 Å². The lowest BCUT2D eigenvalue weighted by Gasteiger charge is -1.95. The molecule has 0 aliphatic rings. The Labute approximate surface area is 72.2 Å². The Morgan fingerprint density at radius 2 is 2.10 bits per heavy atom. The number of rotatable bonds is 0. The Kier molecular flexibility index (Phi) is 3.60. The molecule has 0 aromatic carbocycles. The molecule has 2 N–H and O–H groups in total. The first-order valence-electron chi connectivity index (χ1n) is 2.26. The summed E-state index contributed by atoms with van der Waals surface area (Å²) in [6.07, 6.45) is 2.51. The van der Waals surface area contributed by atoms with Crippen molar-refractivity contribution in [3.8, 4) is 0 Å². The lowest BCUT2D eigenvalue weighted by molar-refractivity contribution is 0.625.